The minimum Gasteiger partial charge on any atom is -0.480 e. The van der Waals surface area contributed by atoms with Crippen LogP contribution >= 0.6 is 11.8 Å². The highest BCUT2D eigenvalue weighted by Crippen LogP contribution is 2.20. The first-order valence-corrected chi connectivity index (χ1v) is 7.03. The van der Waals surface area contributed by atoms with Gasteiger partial charge in [-0.25, -0.2) is 0 Å². The maximum atomic E-state index is 12.3. The van der Waals surface area contributed by atoms with Crippen LogP contribution in [0.15, 0.2) is 30.3 Å². The molecule has 0 heterocycles. The van der Waals surface area contributed by atoms with Crippen molar-refractivity contribution in [2.45, 2.75) is 18.6 Å². The summed E-state index contributed by atoms with van der Waals surface area (Å²) in [5, 5.41) is 9.52. The molecule has 0 aliphatic rings. The van der Waals surface area contributed by atoms with Crippen molar-refractivity contribution >= 4 is 34.5 Å². The van der Waals surface area contributed by atoms with E-state index in [1.807, 2.05) is 0 Å². The van der Waals surface area contributed by atoms with Gasteiger partial charge in [0.25, 0.3) is 0 Å². The van der Waals surface area contributed by atoms with Gasteiger partial charge < -0.3 is 10.4 Å². The second-order valence-electron chi connectivity index (χ2n) is 4.20. The number of hydrogen-bond acceptors (Lipinski definition) is 5. The molecule has 0 aromatic heterocycles. The number of carbonyl (C=O) groups is 4. The first-order valence-electron chi connectivity index (χ1n) is 6.15. The van der Waals surface area contributed by atoms with E-state index < -0.39 is 23.7 Å². The van der Waals surface area contributed by atoms with Crippen LogP contribution in [0.4, 0.5) is 0 Å². The van der Waals surface area contributed by atoms with Gasteiger partial charge in [0.1, 0.15) is 6.54 Å². The lowest BCUT2D eigenvalue weighted by atomic mass is 10.1. The monoisotopic (exact) mass is 309 g/mol. The van der Waals surface area contributed by atoms with Gasteiger partial charge in [0.2, 0.25) is 5.91 Å². The van der Waals surface area contributed by atoms with Gasteiger partial charge in [-0.2, -0.15) is 0 Å². The molecule has 0 radical (unpaired) electrons. The van der Waals surface area contributed by atoms with E-state index in [2.05, 4.69) is 5.32 Å². The van der Waals surface area contributed by atoms with Gasteiger partial charge >= 0.3 is 5.97 Å². The highest BCUT2D eigenvalue weighted by Gasteiger charge is 2.25. The topological polar surface area (TPSA) is 101 Å². The normalized spacial score (nSPS) is 11.5. The fourth-order valence-electron chi connectivity index (χ4n) is 1.59. The second-order valence-corrected chi connectivity index (χ2v) is 5.58. The maximum absolute atomic E-state index is 12.3. The van der Waals surface area contributed by atoms with E-state index in [1.54, 1.807) is 30.3 Å². The molecule has 0 saturated carbocycles. The highest BCUT2D eigenvalue weighted by molar-refractivity contribution is 8.14. The molecular formula is C14H15NO5S. The van der Waals surface area contributed by atoms with Crippen LogP contribution in [0.5, 0.6) is 0 Å². The largest absolute Gasteiger partial charge is 0.480 e. The van der Waals surface area contributed by atoms with E-state index in [1.165, 1.54) is 6.92 Å². The predicted molar refractivity (Wildman–Crippen MR) is 78.1 cm³/mol. The molecule has 6 nitrogen and oxygen atoms in total. The van der Waals surface area contributed by atoms with Crippen molar-refractivity contribution in [2.75, 3.05) is 6.54 Å². The lowest BCUT2D eigenvalue weighted by Gasteiger charge is -2.13. The Bertz CT molecular complexity index is 544. The number of ketones is 1. The summed E-state index contributed by atoms with van der Waals surface area (Å²) < 4.78 is 0. The zero-order valence-corrected chi connectivity index (χ0v) is 12.2. The average molecular weight is 309 g/mol. The number of thioether (sulfide) groups is 1. The van der Waals surface area contributed by atoms with Crippen LogP contribution in [0, 0.1) is 0 Å². The van der Waals surface area contributed by atoms with Crippen molar-refractivity contribution in [3.63, 3.8) is 0 Å². The standard InChI is InChI=1S/C14H15NO5S/c1-9(16)21-11(7-12(17)15-8-13(18)19)14(20)10-5-3-2-4-6-10/h2-6,11H,7-8H2,1H3,(H,15,17)(H,18,19). The quantitative estimate of drug-likeness (QED) is 0.732. The molecule has 0 aliphatic heterocycles. The lowest BCUT2D eigenvalue weighted by Crippen LogP contribution is -2.33. The average Bonchev–Trinajstić information content (AvgIpc) is 2.44. The summed E-state index contributed by atoms with van der Waals surface area (Å²) >= 11 is 0.768. The predicted octanol–water partition coefficient (Wildman–Crippen LogP) is 1.11. The summed E-state index contributed by atoms with van der Waals surface area (Å²) in [5.41, 5.74) is 0.405. The number of Topliss-reactive ketones (excluding diaryl/α,β-unsaturated/α-hetero) is 1. The molecule has 0 bridgehead atoms. The minimum absolute atomic E-state index is 0.245. The van der Waals surface area contributed by atoms with Crippen LogP contribution in [0.1, 0.15) is 23.7 Å². The number of aliphatic carboxylic acids is 1. The van der Waals surface area contributed by atoms with E-state index in [-0.39, 0.29) is 17.3 Å². The van der Waals surface area contributed by atoms with Crippen LogP contribution in [0.2, 0.25) is 0 Å². The number of carboxylic acid groups (broad SMARTS) is 1. The van der Waals surface area contributed by atoms with Gasteiger partial charge in [0.05, 0.1) is 5.25 Å². The summed E-state index contributed by atoms with van der Waals surface area (Å²) in [6.45, 7) is 0.793. The van der Waals surface area contributed by atoms with E-state index >= 15 is 0 Å². The van der Waals surface area contributed by atoms with Crippen LogP contribution in [-0.2, 0) is 14.4 Å². The summed E-state index contributed by atoms with van der Waals surface area (Å²) in [6, 6.07) is 8.33. The number of nitrogens with one attached hydrogen (secondary N) is 1. The molecule has 0 spiro atoms. The van der Waals surface area contributed by atoms with Gasteiger partial charge in [-0.15, -0.1) is 0 Å². The first-order chi connectivity index (χ1) is 9.90. The summed E-state index contributed by atoms with van der Waals surface area (Å²) in [4.78, 5) is 45.5. The van der Waals surface area contributed by atoms with E-state index in [0.717, 1.165) is 11.8 Å². The SMILES string of the molecule is CC(=O)SC(CC(=O)NCC(=O)O)C(=O)c1ccccc1. The zero-order chi connectivity index (χ0) is 15.8. The van der Waals surface area contributed by atoms with E-state index in [4.69, 9.17) is 5.11 Å². The van der Waals surface area contributed by atoms with E-state index in [9.17, 15) is 19.2 Å². The molecule has 7 heteroatoms. The molecule has 21 heavy (non-hydrogen) atoms. The Morgan fingerprint density at radius 3 is 2.33 bits per heavy atom. The van der Waals surface area contributed by atoms with Crippen molar-refractivity contribution in [1.29, 1.82) is 0 Å². The molecule has 0 fully saturated rings. The smallest absolute Gasteiger partial charge is 0.322 e. The summed E-state index contributed by atoms with van der Waals surface area (Å²) in [6.07, 6.45) is -0.245. The van der Waals surface area contributed by atoms with Gasteiger partial charge in [-0.1, -0.05) is 42.1 Å². The van der Waals surface area contributed by atoms with Gasteiger partial charge in [-0.05, 0) is 0 Å². The van der Waals surface area contributed by atoms with Crippen LogP contribution < -0.4 is 5.32 Å². The Hall–Kier alpha value is -2.15. The fraction of sp³-hybridized carbons (Fsp3) is 0.286. The van der Waals surface area contributed by atoms with Crippen LogP contribution in [0.3, 0.4) is 0 Å². The van der Waals surface area contributed by atoms with E-state index in [0.29, 0.717) is 5.56 Å². The maximum Gasteiger partial charge on any atom is 0.322 e. The first kappa shape index (κ1) is 16.9. The molecule has 1 aromatic carbocycles. The molecule has 1 aromatic rings. The van der Waals surface area contributed by atoms with Crippen molar-refractivity contribution in [3.8, 4) is 0 Å². The Labute approximate surface area is 125 Å². The Morgan fingerprint density at radius 2 is 1.81 bits per heavy atom. The third kappa shape index (κ3) is 6.22. The third-order valence-electron chi connectivity index (χ3n) is 2.47. The molecular weight excluding hydrogens is 294 g/mol. The number of rotatable bonds is 7. The van der Waals surface area contributed by atoms with Gasteiger partial charge in [-0.3, -0.25) is 19.2 Å². The Kier molecular flexibility index (Phi) is 6.61. The summed E-state index contributed by atoms with van der Waals surface area (Å²) in [7, 11) is 0. The Morgan fingerprint density at radius 1 is 1.19 bits per heavy atom. The minimum atomic E-state index is -1.17. The van der Waals surface area contributed by atoms with Crippen LogP contribution in [-0.4, -0.2) is 39.7 Å². The molecule has 2 N–H and O–H groups in total. The lowest BCUT2D eigenvalue weighted by molar-refractivity contribution is -0.137. The molecule has 1 unspecified atom stereocenters. The number of carbonyl (C=O) groups excluding carboxylic acids is 3. The van der Waals surface area contributed by atoms with Gasteiger partial charge in [0.15, 0.2) is 10.9 Å². The molecule has 0 saturated heterocycles. The number of amides is 1. The molecule has 0 aliphatic carbocycles. The highest BCUT2D eigenvalue weighted by atomic mass is 32.2. The molecule has 1 rings (SSSR count). The second kappa shape index (κ2) is 8.21. The molecule has 112 valence electrons. The van der Waals surface area contributed by atoms with Crippen molar-refractivity contribution in [1.82, 2.24) is 5.32 Å². The van der Waals surface area contributed by atoms with Crippen molar-refractivity contribution in [2.24, 2.45) is 0 Å². The number of carboxylic acids is 1. The van der Waals surface area contributed by atoms with Crippen molar-refractivity contribution in [3.05, 3.63) is 35.9 Å². The molecule has 1 atom stereocenters. The zero-order valence-electron chi connectivity index (χ0n) is 11.4. The number of benzene rings is 1. The molecule has 1 amide bonds. The van der Waals surface area contributed by atoms with Crippen LogP contribution in [0.25, 0.3) is 0 Å². The summed E-state index contributed by atoms with van der Waals surface area (Å²) in [5.74, 6) is -2.09. The van der Waals surface area contributed by atoms with Crippen molar-refractivity contribution < 1.29 is 24.3 Å². The van der Waals surface area contributed by atoms with Gasteiger partial charge in [0, 0.05) is 18.9 Å². The number of hydrogen-bond donors (Lipinski definition) is 2. The fourth-order valence-corrected chi connectivity index (χ4v) is 2.47. The Balaban J connectivity index is 2.76. The third-order valence-corrected chi connectivity index (χ3v) is 3.46.